The summed E-state index contributed by atoms with van der Waals surface area (Å²) in [5.74, 6) is -0.380. The SMILES string of the molecule is Cc1nn(C)c(Cl)c1CC(CN)(CO)c1ccccc1F. The Morgan fingerprint density at radius 1 is 1.43 bits per heavy atom. The largest absolute Gasteiger partial charge is 0.395 e. The molecular weight excluding hydrogens is 293 g/mol. The molecule has 0 bridgehead atoms. The van der Waals surface area contributed by atoms with Crippen molar-refractivity contribution >= 4 is 11.6 Å². The normalized spacial score (nSPS) is 14.2. The minimum Gasteiger partial charge on any atom is -0.395 e. The lowest BCUT2D eigenvalue weighted by atomic mass is 9.76. The maximum absolute atomic E-state index is 14.1. The lowest BCUT2D eigenvalue weighted by Crippen LogP contribution is -2.42. The van der Waals surface area contributed by atoms with Crippen LogP contribution in [0, 0.1) is 12.7 Å². The molecule has 114 valence electrons. The van der Waals surface area contributed by atoms with Crippen molar-refractivity contribution in [1.82, 2.24) is 9.78 Å². The molecule has 0 saturated heterocycles. The molecule has 3 N–H and O–H groups in total. The monoisotopic (exact) mass is 311 g/mol. The predicted molar refractivity (Wildman–Crippen MR) is 80.9 cm³/mol. The molecule has 2 aromatic rings. The van der Waals surface area contributed by atoms with Crippen molar-refractivity contribution < 1.29 is 9.50 Å². The highest BCUT2D eigenvalue weighted by Crippen LogP contribution is 2.33. The minimum absolute atomic E-state index is 0.106. The summed E-state index contributed by atoms with van der Waals surface area (Å²) >= 11 is 6.25. The second-order valence-corrected chi connectivity index (χ2v) is 5.64. The smallest absolute Gasteiger partial charge is 0.130 e. The number of hydrogen-bond acceptors (Lipinski definition) is 3. The van der Waals surface area contributed by atoms with Crippen LogP contribution in [0.5, 0.6) is 0 Å². The van der Waals surface area contributed by atoms with Crippen LogP contribution < -0.4 is 5.73 Å². The van der Waals surface area contributed by atoms with Crippen molar-refractivity contribution in [2.45, 2.75) is 18.8 Å². The van der Waals surface area contributed by atoms with Crippen LogP contribution in [0.4, 0.5) is 4.39 Å². The van der Waals surface area contributed by atoms with Crippen LogP contribution in [0.25, 0.3) is 0 Å². The van der Waals surface area contributed by atoms with E-state index in [0.29, 0.717) is 17.1 Å². The summed E-state index contributed by atoms with van der Waals surface area (Å²) in [7, 11) is 1.74. The Morgan fingerprint density at radius 2 is 2.10 bits per heavy atom. The van der Waals surface area contributed by atoms with Gasteiger partial charge in [0.15, 0.2) is 0 Å². The second-order valence-electron chi connectivity index (χ2n) is 5.28. The van der Waals surface area contributed by atoms with Crippen LogP contribution in [0.2, 0.25) is 5.15 Å². The fourth-order valence-corrected chi connectivity index (χ4v) is 2.83. The molecule has 1 aromatic heterocycles. The molecule has 0 spiro atoms. The number of halogens is 2. The molecule has 0 amide bonds. The summed E-state index contributed by atoms with van der Waals surface area (Å²) in [4.78, 5) is 0. The van der Waals surface area contributed by atoms with Crippen molar-refractivity contribution in [3.05, 3.63) is 52.1 Å². The Hall–Kier alpha value is -1.43. The highest BCUT2D eigenvalue weighted by Gasteiger charge is 2.35. The number of hydrogen-bond donors (Lipinski definition) is 2. The Morgan fingerprint density at radius 3 is 2.57 bits per heavy atom. The van der Waals surface area contributed by atoms with Gasteiger partial charge in [-0.3, -0.25) is 4.68 Å². The highest BCUT2D eigenvalue weighted by molar-refractivity contribution is 6.30. The van der Waals surface area contributed by atoms with Gasteiger partial charge in [0.05, 0.1) is 12.3 Å². The molecule has 0 saturated carbocycles. The van der Waals surface area contributed by atoms with Gasteiger partial charge >= 0.3 is 0 Å². The summed E-state index contributed by atoms with van der Waals surface area (Å²) in [6.07, 6.45) is 0.333. The van der Waals surface area contributed by atoms with E-state index >= 15 is 0 Å². The van der Waals surface area contributed by atoms with E-state index < -0.39 is 5.41 Å². The summed E-state index contributed by atoms with van der Waals surface area (Å²) < 4.78 is 15.7. The lowest BCUT2D eigenvalue weighted by molar-refractivity contribution is 0.192. The zero-order valence-corrected chi connectivity index (χ0v) is 12.9. The van der Waals surface area contributed by atoms with Gasteiger partial charge in [0.25, 0.3) is 0 Å². The van der Waals surface area contributed by atoms with E-state index in [2.05, 4.69) is 5.10 Å². The van der Waals surface area contributed by atoms with Gasteiger partial charge in [-0.25, -0.2) is 4.39 Å². The first kappa shape index (κ1) is 15.9. The maximum atomic E-state index is 14.1. The van der Waals surface area contributed by atoms with Crippen molar-refractivity contribution in [1.29, 1.82) is 0 Å². The van der Waals surface area contributed by atoms with Gasteiger partial charge in [0.2, 0.25) is 0 Å². The molecule has 2 rings (SSSR count). The summed E-state index contributed by atoms with van der Waals surface area (Å²) in [6.45, 7) is 1.67. The predicted octanol–water partition coefficient (Wildman–Crippen LogP) is 1.95. The van der Waals surface area contributed by atoms with Crippen LogP contribution in [0.3, 0.4) is 0 Å². The van der Waals surface area contributed by atoms with E-state index in [-0.39, 0.29) is 19.0 Å². The highest BCUT2D eigenvalue weighted by atomic mass is 35.5. The van der Waals surface area contributed by atoms with E-state index in [0.717, 1.165) is 11.3 Å². The van der Waals surface area contributed by atoms with Crippen LogP contribution in [-0.4, -0.2) is 28.0 Å². The molecule has 0 aliphatic rings. The first-order valence-electron chi connectivity index (χ1n) is 6.69. The first-order chi connectivity index (χ1) is 9.95. The molecule has 0 aliphatic carbocycles. The number of aliphatic hydroxyl groups is 1. The van der Waals surface area contributed by atoms with E-state index in [1.807, 2.05) is 6.92 Å². The number of aromatic nitrogens is 2. The van der Waals surface area contributed by atoms with Gasteiger partial charge in [-0.2, -0.15) is 5.10 Å². The average molecular weight is 312 g/mol. The van der Waals surface area contributed by atoms with Crippen molar-refractivity contribution in [3.8, 4) is 0 Å². The minimum atomic E-state index is -0.914. The number of nitrogens with two attached hydrogens (primary N) is 1. The Kier molecular flexibility index (Phi) is 4.66. The standard InChI is InChI=1S/C15H19ClFN3O/c1-10-11(14(16)20(2)19-10)7-15(8-18,9-21)12-5-3-4-6-13(12)17/h3-6,21H,7-9,18H2,1-2H3. The van der Waals surface area contributed by atoms with Gasteiger partial charge in [0, 0.05) is 24.6 Å². The van der Waals surface area contributed by atoms with Crippen LogP contribution in [0.15, 0.2) is 24.3 Å². The van der Waals surface area contributed by atoms with E-state index in [1.54, 1.807) is 29.9 Å². The molecule has 21 heavy (non-hydrogen) atoms. The van der Waals surface area contributed by atoms with E-state index in [4.69, 9.17) is 17.3 Å². The third-order valence-corrected chi connectivity index (χ3v) is 4.40. The second kappa shape index (κ2) is 6.13. The molecule has 1 aromatic carbocycles. The zero-order chi connectivity index (χ0) is 15.6. The fraction of sp³-hybridized carbons (Fsp3) is 0.400. The van der Waals surface area contributed by atoms with Crippen LogP contribution in [-0.2, 0) is 18.9 Å². The molecule has 1 atom stereocenters. The molecule has 6 heteroatoms. The Balaban J connectivity index is 2.51. The van der Waals surface area contributed by atoms with Crippen LogP contribution in [0.1, 0.15) is 16.8 Å². The third-order valence-electron chi connectivity index (χ3n) is 3.92. The first-order valence-corrected chi connectivity index (χ1v) is 7.07. The maximum Gasteiger partial charge on any atom is 0.130 e. The molecule has 0 aliphatic heterocycles. The topological polar surface area (TPSA) is 64.1 Å². The van der Waals surface area contributed by atoms with Crippen LogP contribution >= 0.6 is 11.6 Å². The molecule has 4 nitrogen and oxygen atoms in total. The Labute approximate surface area is 128 Å². The summed E-state index contributed by atoms with van der Waals surface area (Å²) in [5.41, 5.74) is 6.89. The molecule has 1 heterocycles. The van der Waals surface area contributed by atoms with Gasteiger partial charge < -0.3 is 10.8 Å². The van der Waals surface area contributed by atoms with Gasteiger partial charge in [-0.15, -0.1) is 0 Å². The van der Waals surface area contributed by atoms with Gasteiger partial charge in [-0.05, 0) is 25.0 Å². The summed E-state index contributed by atoms with van der Waals surface area (Å²) in [6, 6.07) is 6.36. The fourth-order valence-electron chi connectivity index (χ4n) is 2.59. The van der Waals surface area contributed by atoms with E-state index in [9.17, 15) is 9.50 Å². The quantitative estimate of drug-likeness (QED) is 0.887. The molecular formula is C15H19ClFN3O. The molecule has 0 fully saturated rings. The van der Waals surface area contributed by atoms with E-state index in [1.165, 1.54) is 6.07 Å². The third kappa shape index (κ3) is 2.81. The average Bonchev–Trinajstić information content (AvgIpc) is 2.71. The number of nitrogens with zero attached hydrogens (tertiary/aromatic N) is 2. The number of aliphatic hydroxyl groups excluding tert-OH is 1. The zero-order valence-electron chi connectivity index (χ0n) is 12.1. The number of rotatable bonds is 5. The number of aryl methyl sites for hydroxylation is 2. The summed E-state index contributed by atoms with van der Waals surface area (Å²) in [5, 5.41) is 14.6. The number of benzene rings is 1. The van der Waals surface area contributed by atoms with Gasteiger partial charge in [0.1, 0.15) is 11.0 Å². The Bertz CT molecular complexity index is 638. The van der Waals surface area contributed by atoms with Crippen molar-refractivity contribution in [2.24, 2.45) is 12.8 Å². The van der Waals surface area contributed by atoms with Gasteiger partial charge in [-0.1, -0.05) is 29.8 Å². The molecule has 0 radical (unpaired) electrons. The van der Waals surface area contributed by atoms with Crippen molar-refractivity contribution in [3.63, 3.8) is 0 Å². The molecule has 1 unspecified atom stereocenters. The lowest BCUT2D eigenvalue weighted by Gasteiger charge is -2.31. The van der Waals surface area contributed by atoms with Crippen molar-refractivity contribution in [2.75, 3.05) is 13.2 Å².